The predicted octanol–water partition coefficient (Wildman–Crippen LogP) is 4.19. The van der Waals surface area contributed by atoms with E-state index in [-0.39, 0.29) is 16.7 Å². The SMILES string of the molecule is COC[C@@]12CN(C(=O)c3c(-c4ccccc4)ccnc3C)C[C@@H]1C(C)(C)C2. The lowest BCUT2D eigenvalue weighted by Crippen LogP contribution is -2.55. The first-order valence-corrected chi connectivity index (χ1v) is 9.67. The number of likely N-dealkylation sites (tertiary alicyclic amines) is 1. The molecule has 1 saturated heterocycles. The average molecular weight is 364 g/mol. The van der Waals surface area contributed by atoms with Crippen LogP contribution in [0.15, 0.2) is 42.6 Å². The largest absolute Gasteiger partial charge is 0.384 e. The zero-order chi connectivity index (χ0) is 19.2. The highest BCUT2D eigenvalue weighted by Gasteiger charge is 2.63. The van der Waals surface area contributed by atoms with Crippen molar-refractivity contribution in [3.05, 3.63) is 53.9 Å². The van der Waals surface area contributed by atoms with Crippen LogP contribution in [0.5, 0.6) is 0 Å². The van der Waals surface area contributed by atoms with Crippen molar-refractivity contribution in [1.82, 2.24) is 9.88 Å². The van der Waals surface area contributed by atoms with Crippen molar-refractivity contribution >= 4 is 5.91 Å². The van der Waals surface area contributed by atoms with Crippen LogP contribution in [-0.2, 0) is 4.74 Å². The maximum absolute atomic E-state index is 13.6. The Morgan fingerprint density at radius 3 is 2.67 bits per heavy atom. The minimum Gasteiger partial charge on any atom is -0.384 e. The summed E-state index contributed by atoms with van der Waals surface area (Å²) in [5, 5.41) is 0. The first-order chi connectivity index (χ1) is 12.9. The molecule has 1 amide bonds. The lowest BCUT2D eigenvalue weighted by molar-refractivity contribution is -0.107. The number of methoxy groups -OCH3 is 1. The van der Waals surface area contributed by atoms with E-state index in [0.717, 1.165) is 48.5 Å². The van der Waals surface area contributed by atoms with E-state index in [2.05, 4.69) is 31.0 Å². The molecule has 0 N–H and O–H groups in total. The number of fused-ring (bicyclic) bond motifs is 1. The summed E-state index contributed by atoms with van der Waals surface area (Å²) in [5.41, 5.74) is 3.92. The van der Waals surface area contributed by atoms with Crippen LogP contribution >= 0.6 is 0 Å². The monoisotopic (exact) mass is 364 g/mol. The van der Waals surface area contributed by atoms with Crippen molar-refractivity contribution in [2.45, 2.75) is 27.2 Å². The summed E-state index contributed by atoms with van der Waals surface area (Å²) < 4.78 is 5.54. The molecule has 1 aromatic heterocycles. The Bertz CT molecular complexity index is 862. The second kappa shape index (κ2) is 6.45. The van der Waals surface area contributed by atoms with Crippen molar-refractivity contribution in [3.63, 3.8) is 0 Å². The van der Waals surface area contributed by atoms with Crippen LogP contribution in [0, 0.1) is 23.7 Å². The molecule has 2 fully saturated rings. The normalized spacial score (nSPS) is 25.8. The molecule has 0 bridgehead atoms. The third-order valence-electron chi connectivity index (χ3n) is 6.56. The van der Waals surface area contributed by atoms with Crippen molar-refractivity contribution < 1.29 is 9.53 Å². The smallest absolute Gasteiger partial charge is 0.256 e. The van der Waals surface area contributed by atoms with Gasteiger partial charge in [0.05, 0.1) is 17.9 Å². The van der Waals surface area contributed by atoms with E-state index in [4.69, 9.17) is 4.74 Å². The molecule has 2 heterocycles. The fourth-order valence-electron chi connectivity index (χ4n) is 5.62. The summed E-state index contributed by atoms with van der Waals surface area (Å²) in [6, 6.07) is 12.1. The summed E-state index contributed by atoms with van der Waals surface area (Å²) in [5.74, 6) is 0.589. The summed E-state index contributed by atoms with van der Waals surface area (Å²) in [4.78, 5) is 20.0. The van der Waals surface area contributed by atoms with Gasteiger partial charge in [0.15, 0.2) is 0 Å². The molecule has 1 saturated carbocycles. The summed E-state index contributed by atoms with van der Waals surface area (Å²) in [7, 11) is 1.76. The highest BCUT2D eigenvalue weighted by molar-refractivity contribution is 6.02. The molecule has 1 aromatic carbocycles. The standard InChI is InChI=1S/C23H28N2O2/c1-16-20(18(10-11-24-16)17-8-6-5-7-9-17)21(26)25-12-19-22(2,3)13-23(19,14-25)15-27-4/h5-11,19H,12-15H2,1-4H3/t19-,23-/m1/s1. The van der Waals surface area contributed by atoms with Crippen LogP contribution in [0.1, 0.15) is 36.3 Å². The number of hydrogen-bond donors (Lipinski definition) is 0. The molecule has 2 atom stereocenters. The van der Waals surface area contributed by atoms with Gasteiger partial charge in [-0.25, -0.2) is 0 Å². The molecule has 27 heavy (non-hydrogen) atoms. The Kier molecular flexibility index (Phi) is 4.34. The lowest BCUT2D eigenvalue weighted by atomic mass is 9.48. The molecular weight excluding hydrogens is 336 g/mol. The fraction of sp³-hybridized carbons (Fsp3) is 0.478. The molecule has 4 rings (SSSR count). The number of ether oxygens (including phenoxy) is 1. The first kappa shape index (κ1) is 18.2. The van der Waals surface area contributed by atoms with Crippen molar-refractivity contribution in [1.29, 1.82) is 0 Å². The van der Waals surface area contributed by atoms with Gasteiger partial charge in [-0.15, -0.1) is 0 Å². The van der Waals surface area contributed by atoms with Crippen LogP contribution in [0.3, 0.4) is 0 Å². The molecule has 0 unspecified atom stereocenters. The van der Waals surface area contributed by atoms with Crippen LogP contribution < -0.4 is 0 Å². The number of aryl methyl sites for hydroxylation is 1. The van der Waals surface area contributed by atoms with Crippen LogP contribution in [0.2, 0.25) is 0 Å². The summed E-state index contributed by atoms with van der Waals surface area (Å²) in [6.45, 7) is 8.85. The number of carbonyl (C=O) groups excluding carboxylic acids is 1. The molecular formula is C23H28N2O2. The zero-order valence-corrected chi connectivity index (χ0v) is 16.7. The van der Waals surface area contributed by atoms with Gasteiger partial charge >= 0.3 is 0 Å². The van der Waals surface area contributed by atoms with E-state index in [1.54, 1.807) is 13.3 Å². The highest BCUT2D eigenvalue weighted by atomic mass is 16.5. The van der Waals surface area contributed by atoms with Crippen molar-refractivity contribution in [2.24, 2.45) is 16.7 Å². The predicted molar refractivity (Wildman–Crippen MR) is 107 cm³/mol. The van der Waals surface area contributed by atoms with E-state index in [1.165, 1.54) is 0 Å². The molecule has 4 nitrogen and oxygen atoms in total. The van der Waals surface area contributed by atoms with Crippen molar-refractivity contribution in [3.8, 4) is 11.1 Å². The number of rotatable bonds is 4. The van der Waals surface area contributed by atoms with Gasteiger partial charge in [0.1, 0.15) is 0 Å². The Morgan fingerprint density at radius 2 is 2.00 bits per heavy atom. The Balaban J connectivity index is 1.69. The summed E-state index contributed by atoms with van der Waals surface area (Å²) >= 11 is 0. The van der Waals surface area contributed by atoms with Crippen LogP contribution in [-0.4, -0.2) is 42.6 Å². The molecule has 0 spiro atoms. The van der Waals surface area contributed by atoms with Gasteiger partial charge in [0, 0.05) is 31.8 Å². The number of nitrogens with zero attached hydrogens (tertiary/aromatic N) is 2. The highest BCUT2D eigenvalue weighted by Crippen LogP contribution is 2.62. The van der Waals surface area contributed by atoms with E-state index >= 15 is 0 Å². The second-order valence-corrected chi connectivity index (χ2v) is 8.88. The topological polar surface area (TPSA) is 42.4 Å². The Hall–Kier alpha value is -2.20. The van der Waals surface area contributed by atoms with E-state index in [9.17, 15) is 4.79 Å². The molecule has 4 heteroatoms. The third-order valence-corrected chi connectivity index (χ3v) is 6.56. The Labute approximate surface area is 161 Å². The molecule has 142 valence electrons. The van der Waals surface area contributed by atoms with Gasteiger partial charge < -0.3 is 9.64 Å². The van der Waals surface area contributed by atoms with E-state index in [0.29, 0.717) is 5.92 Å². The molecule has 0 radical (unpaired) electrons. The first-order valence-electron chi connectivity index (χ1n) is 9.67. The van der Waals surface area contributed by atoms with E-state index < -0.39 is 0 Å². The number of carbonyl (C=O) groups is 1. The van der Waals surface area contributed by atoms with Gasteiger partial charge in [0.2, 0.25) is 0 Å². The Morgan fingerprint density at radius 1 is 1.26 bits per heavy atom. The van der Waals surface area contributed by atoms with Crippen LogP contribution in [0.4, 0.5) is 0 Å². The fourth-order valence-corrected chi connectivity index (χ4v) is 5.62. The van der Waals surface area contributed by atoms with Gasteiger partial charge in [-0.1, -0.05) is 44.2 Å². The number of aromatic nitrogens is 1. The van der Waals surface area contributed by atoms with Crippen LogP contribution in [0.25, 0.3) is 11.1 Å². The minimum absolute atomic E-state index is 0.0973. The average Bonchev–Trinajstić information content (AvgIpc) is 2.97. The second-order valence-electron chi connectivity index (χ2n) is 8.88. The summed E-state index contributed by atoms with van der Waals surface area (Å²) in [6.07, 6.45) is 2.90. The van der Waals surface area contributed by atoms with Gasteiger partial charge in [-0.3, -0.25) is 9.78 Å². The van der Waals surface area contributed by atoms with Gasteiger partial charge in [-0.05, 0) is 41.9 Å². The molecule has 1 aliphatic heterocycles. The number of amides is 1. The lowest BCUT2D eigenvalue weighted by Gasteiger charge is -2.56. The molecule has 2 aliphatic rings. The van der Waals surface area contributed by atoms with Gasteiger partial charge in [0.25, 0.3) is 5.91 Å². The number of benzene rings is 1. The van der Waals surface area contributed by atoms with E-state index in [1.807, 2.05) is 36.1 Å². The van der Waals surface area contributed by atoms with Crippen molar-refractivity contribution in [2.75, 3.05) is 26.8 Å². The maximum Gasteiger partial charge on any atom is 0.256 e. The number of pyridine rings is 1. The number of hydrogen-bond acceptors (Lipinski definition) is 3. The molecule has 2 aromatic rings. The van der Waals surface area contributed by atoms with Gasteiger partial charge in [-0.2, -0.15) is 0 Å². The minimum atomic E-state index is 0.0973. The third kappa shape index (κ3) is 2.87. The quantitative estimate of drug-likeness (QED) is 0.817. The molecule has 1 aliphatic carbocycles. The maximum atomic E-state index is 13.6. The zero-order valence-electron chi connectivity index (χ0n) is 16.7.